The van der Waals surface area contributed by atoms with Gasteiger partial charge in [0.15, 0.2) is 11.5 Å². The number of benzene rings is 1. The number of carbonyl (C=O) groups is 1. The zero-order valence-corrected chi connectivity index (χ0v) is 15.3. The molecule has 0 saturated carbocycles. The maximum atomic E-state index is 12.8. The highest BCUT2D eigenvalue weighted by Crippen LogP contribution is 2.29. The molecule has 1 aliphatic heterocycles. The summed E-state index contributed by atoms with van der Waals surface area (Å²) in [6, 6.07) is 7.43. The molecule has 0 spiro atoms. The molecular weight excluding hydrogens is 354 g/mol. The Morgan fingerprint density at radius 3 is 2.88 bits per heavy atom. The van der Waals surface area contributed by atoms with Crippen molar-refractivity contribution in [3.63, 3.8) is 0 Å². The van der Waals surface area contributed by atoms with Gasteiger partial charge in [0.05, 0.1) is 6.42 Å². The van der Waals surface area contributed by atoms with Gasteiger partial charge < -0.3 is 9.42 Å². The van der Waals surface area contributed by atoms with Gasteiger partial charge in [-0.05, 0) is 18.6 Å². The van der Waals surface area contributed by atoms with Crippen LogP contribution in [0.25, 0.3) is 11.6 Å². The second kappa shape index (κ2) is 6.57. The molecule has 7 nitrogen and oxygen atoms in total. The van der Waals surface area contributed by atoms with Crippen LogP contribution in [0.4, 0.5) is 0 Å². The molecule has 0 radical (unpaired) electrons. The first kappa shape index (κ1) is 16.8. The highest BCUT2D eigenvalue weighted by atomic mass is 35.5. The minimum absolute atomic E-state index is 0.0419. The van der Waals surface area contributed by atoms with Crippen molar-refractivity contribution in [2.75, 3.05) is 6.54 Å². The van der Waals surface area contributed by atoms with Gasteiger partial charge in [-0.2, -0.15) is 10.1 Å². The topological polar surface area (TPSA) is 77.0 Å². The number of amides is 1. The SMILES string of the molecule is Cc1noc(-c2nn(C)c3c2CN(C(=O)Cc2ccccc2Cl)CC3)n1. The molecule has 0 bridgehead atoms. The molecule has 4 rings (SSSR count). The maximum Gasteiger partial charge on any atom is 0.278 e. The molecule has 3 aromatic rings. The fraction of sp³-hybridized carbons (Fsp3) is 0.333. The number of hydrogen-bond donors (Lipinski definition) is 0. The fourth-order valence-corrected chi connectivity index (χ4v) is 3.49. The van der Waals surface area contributed by atoms with E-state index >= 15 is 0 Å². The Hall–Kier alpha value is -2.67. The van der Waals surface area contributed by atoms with Crippen molar-refractivity contribution < 1.29 is 9.32 Å². The first-order valence-corrected chi connectivity index (χ1v) is 8.77. The first-order chi connectivity index (χ1) is 12.5. The third kappa shape index (κ3) is 2.99. The van der Waals surface area contributed by atoms with Crippen molar-refractivity contribution in [3.05, 3.63) is 51.9 Å². The molecular formula is C18H18ClN5O2. The van der Waals surface area contributed by atoms with E-state index in [1.807, 2.05) is 34.8 Å². The van der Waals surface area contributed by atoms with Gasteiger partial charge in [0.25, 0.3) is 5.89 Å². The first-order valence-electron chi connectivity index (χ1n) is 8.39. The Labute approximate surface area is 155 Å². The van der Waals surface area contributed by atoms with E-state index in [9.17, 15) is 4.79 Å². The summed E-state index contributed by atoms with van der Waals surface area (Å²) in [5.74, 6) is 0.988. The number of aryl methyl sites for hydroxylation is 2. The summed E-state index contributed by atoms with van der Waals surface area (Å²) < 4.78 is 7.11. The third-order valence-electron chi connectivity index (χ3n) is 4.62. The van der Waals surface area contributed by atoms with Crippen molar-refractivity contribution in [1.82, 2.24) is 24.8 Å². The van der Waals surface area contributed by atoms with Crippen molar-refractivity contribution in [2.45, 2.75) is 26.3 Å². The normalized spacial score (nSPS) is 13.7. The highest BCUT2D eigenvalue weighted by Gasteiger charge is 2.29. The Balaban J connectivity index is 1.59. The molecule has 3 heterocycles. The van der Waals surface area contributed by atoms with Crippen LogP contribution < -0.4 is 0 Å². The van der Waals surface area contributed by atoms with Gasteiger partial charge in [-0.3, -0.25) is 9.48 Å². The van der Waals surface area contributed by atoms with Crippen LogP contribution in [-0.4, -0.2) is 37.3 Å². The number of carbonyl (C=O) groups excluding carboxylic acids is 1. The van der Waals surface area contributed by atoms with Crippen LogP contribution in [0.5, 0.6) is 0 Å². The van der Waals surface area contributed by atoms with Crippen LogP contribution in [0.15, 0.2) is 28.8 Å². The number of rotatable bonds is 3. The molecule has 8 heteroatoms. The second-order valence-corrected chi connectivity index (χ2v) is 6.78. The predicted molar refractivity (Wildman–Crippen MR) is 95.5 cm³/mol. The van der Waals surface area contributed by atoms with Crippen molar-refractivity contribution >= 4 is 17.5 Å². The van der Waals surface area contributed by atoms with Gasteiger partial charge in [0.2, 0.25) is 5.91 Å². The molecule has 0 N–H and O–H groups in total. The van der Waals surface area contributed by atoms with E-state index in [4.69, 9.17) is 16.1 Å². The fourth-order valence-electron chi connectivity index (χ4n) is 3.29. The smallest absolute Gasteiger partial charge is 0.278 e. The molecule has 2 aromatic heterocycles. The molecule has 0 saturated heterocycles. The lowest BCUT2D eigenvalue weighted by Gasteiger charge is -2.27. The molecule has 1 aliphatic rings. The summed E-state index contributed by atoms with van der Waals surface area (Å²) in [5.41, 5.74) is 3.55. The Kier molecular flexibility index (Phi) is 4.24. The van der Waals surface area contributed by atoms with Gasteiger partial charge in [0.1, 0.15) is 0 Å². The summed E-state index contributed by atoms with van der Waals surface area (Å²) in [6.07, 6.45) is 1.02. The maximum absolute atomic E-state index is 12.8. The summed E-state index contributed by atoms with van der Waals surface area (Å²) in [6.45, 7) is 2.89. The number of nitrogens with zero attached hydrogens (tertiary/aromatic N) is 5. The number of halogens is 1. The molecule has 0 atom stereocenters. The van der Waals surface area contributed by atoms with Gasteiger partial charge >= 0.3 is 0 Å². The van der Waals surface area contributed by atoms with E-state index in [2.05, 4.69) is 15.2 Å². The van der Waals surface area contributed by atoms with Crippen LogP contribution in [0, 0.1) is 6.92 Å². The largest absolute Gasteiger partial charge is 0.338 e. The van der Waals surface area contributed by atoms with E-state index in [0.717, 1.165) is 23.2 Å². The predicted octanol–water partition coefficient (Wildman–Crippen LogP) is 2.56. The molecule has 0 aliphatic carbocycles. The van der Waals surface area contributed by atoms with Crippen LogP contribution in [0.3, 0.4) is 0 Å². The van der Waals surface area contributed by atoms with Crippen LogP contribution in [0.1, 0.15) is 22.6 Å². The number of aromatic nitrogens is 4. The summed E-state index contributed by atoms with van der Waals surface area (Å²) in [5, 5.41) is 8.98. The Morgan fingerprint density at radius 2 is 2.15 bits per heavy atom. The molecule has 1 amide bonds. The van der Waals surface area contributed by atoms with Crippen LogP contribution in [-0.2, 0) is 31.2 Å². The quantitative estimate of drug-likeness (QED) is 0.707. The molecule has 26 heavy (non-hydrogen) atoms. The minimum Gasteiger partial charge on any atom is -0.338 e. The van der Waals surface area contributed by atoms with Gasteiger partial charge in [-0.15, -0.1) is 0 Å². The Morgan fingerprint density at radius 1 is 1.35 bits per heavy atom. The summed E-state index contributed by atoms with van der Waals surface area (Å²) in [7, 11) is 1.90. The zero-order valence-electron chi connectivity index (χ0n) is 14.6. The molecule has 1 aromatic carbocycles. The number of fused-ring (bicyclic) bond motifs is 1. The third-order valence-corrected chi connectivity index (χ3v) is 4.99. The van der Waals surface area contributed by atoms with E-state index in [1.54, 1.807) is 13.0 Å². The van der Waals surface area contributed by atoms with E-state index in [1.165, 1.54) is 0 Å². The van der Waals surface area contributed by atoms with Gasteiger partial charge in [0, 0.05) is 42.8 Å². The van der Waals surface area contributed by atoms with E-state index in [-0.39, 0.29) is 12.3 Å². The van der Waals surface area contributed by atoms with Crippen molar-refractivity contribution in [2.24, 2.45) is 7.05 Å². The zero-order chi connectivity index (χ0) is 18.3. The summed E-state index contributed by atoms with van der Waals surface area (Å²) >= 11 is 6.19. The van der Waals surface area contributed by atoms with E-state index in [0.29, 0.717) is 35.5 Å². The average Bonchev–Trinajstić information content (AvgIpc) is 3.20. The van der Waals surface area contributed by atoms with E-state index < -0.39 is 0 Å². The van der Waals surface area contributed by atoms with Gasteiger partial charge in [-0.25, -0.2) is 0 Å². The van der Waals surface area contributed by atoms with Crippen molar-refractivity contribution in [3.8, 4) is 11.6 Å². The lowest BCUT2D eigenvalue weighted by atomic mass is 10.0. The second-order valence-electron chi connectivity index (χ2n) is 6.38. The number of hydrogen-bond acceptors (Lipinski definition) is 5. The average molecular weight is 372 g/mol. The standard InChI is InChI=1S/C18H18ClN5O2/c1-11-20-18(26-22-11)17-13-10-24(8-7-15(13)23(2)21-17)16(25)9-12-5-3-4-6-14(12)19/h3-6H,7-10H2,1-2H3. The lowest BCUT2D eigenvalue weighted by molar-refractivity contribution is -0.131. The van der Waals surface area contributed by atoms with Gasteiger partial charge in [-0.1, -0.05) is 35.0 Å². The monoisotopic (exact) mass is 371 g/mol. The highest BCUT2D eigenvalue weighted by molar-refractivity contribution is 6.31. The molecule has 0 unspecified atom stereocenters. The van der Waals surface area contributed by atoms with Crippen LogP contribution >= 0.6 is 11.6 Å². The molecule has 0 fully saturated rings. The minimum atomic E-state index is 0.0419. The van der Waals surface area contributed by atoms with Crippen LogP contribution in [0.2, 0.25) is 5.02 Å². The Bertz CT molecular complexity index is 978. The van der Waals surface area contributed by atoms with Crippen molar-refractivity contribution in [1.29, 1.82) is 0 Å². The lowest BCUT2D eigenvalue weighted by Crippen LogP contribution is -2.37. The molecule has 134 valence electrons. The summed E-state index contributed by atoms with van der Waals surface area (Å²) in [4.78, 5) is 18.9.